The van der Waals surface area contributed by atoms with Gasteiger partial charge in [0.2, 0.25) is 0 Å². The Balaban J connectivity index is 1.61. The van der Waals surface area contributed by atoms with Crippen molar-refractivity contribution in [2.24, 2.45) is 5.73 Å². The molecule has 1 amide bonds. The summed E-state index contributed by atoms with van der Waals surface area (Å²) in [6.07, 6.45) is 2.49. The molecule has 1 unspecified atom stereocenters. The lowest BCUT2D eigenvalue weighted by Gasteiger charge is -2.27. The lowest BCUT2D eigenvalue weighted by molar-refractivity contribution is 0.0718. The molecule has 0 aliphatic carbocycles. The summed E-state index contributed by atoms with van der Waals surface area (Å²) in [7, 11) is 3.92. The molecule has 2 N–H and O–H groups in total. The van der Waals surface area contributed by atoms with Crippen LogP contribution in [0.3, 0.4) is 0 Å². The molecule has 2 atom stereocenters. The fourth-order valence-electron chi connectivity index (χ4n) is 5.10. The van der Waals surface area contributed by atoms with Gasteiger partial charge in [-0.2, -0.15) is 9.61 Å². The van der Waals surface area contributed by atoms with E-state index in [-0.39, 0.29) is 18.0 Å². The number of aromatic nitrogens is 3. The van der Waals surface area contributed by atoms with E-state index in [2.05, 4.69) is 29.8 Å². The van der Waals surface area contributed by atoms with Gasteiger partial charge in [0.05, 0.1) is 23.9 Å². The quantitative estimate of drug-likeness (QED) is 0.607. The van der Waals surface area contributed by atoms with Gasteiger partial charge in [0.25, 0.3) is 5.91 Å². The van der Waals surface area contributed by atoms with Crippen molar-refractivity contribution in [2.75, 3.05) is 50.1 Å². The molecule has 3 aromatic rings. The minimum atomic E-state index is -0.192. The molecular weight excluding hydrogens is 442 g/mol. The Morgan fingerprint density at radius 2 is 2.00 bits per heavy atom. The van der Waals surface area contributed by atoms with Gasteiger partial charge >= 0.3 is 0 Å². The first-order chi connectivity index (χ1) is 16.9. The van der Waals surface area contributed by atoms with Gasteiger partial charge in [-0.3, -0.25) is 4.79 Å². The van der Waals surface area contributed by atoms with Crippen LogP contribution in [-0.4, -0.2) is 71.8 Å². The van der Waals surface area contributed by atoms with E-state index in [0.717, 1.165) is 67.4 Å². The van der Waals surface area contributed by atoms with Crippen LogP contribution in [0.4, 0.5) is 11.6 Å². The van der Waals surface area contributed by atoms with Crippen LogP contribution >= 0.6 is 0 Å². The molecule has 1 saturated heterocycles. The van der Waals surface area contributed by atoms with Crippen molar-refractivity contribution >= 4 is 23.2 Å². The summed E-state index contributed by atoms with van der Waals surface area (Å²) >= 11 is 0. The number of amides is 1. The van der Waals surface area contributed by atoms with E-state index in [1.165, 1.54) is 0 Å². The molecule has 4 heterocycles. The summed E-state index contributed by atoms with van der Waals surface area (Å²) in [5.41, 5.74) is 9.40. The molecule has 2 aromatic heterocycles. The van der Waals surface area contributed by atoms with E-state index < -0.39 is 0 Å². The molecule has 2 aliphatic heterocycles. The normalized spacial score (nSPS) is 21.4. The number of carbonyl (C=O) groups excluding carboxylic acids is 1. The second-order valence-corrected chi connectivity index (χ2v) is 9.77. The molecule has 35 heavy (non-hydrogen) atoms. The van der Waals surface area contributed by atoms with Crippen LogP contribution in [0.1, 0.15) is 53.8 Å². The van der Waals surface area contributed by atoms with E-state index in [1.54, 1.807) is 4.90 Å². The summed E-state index contributed by atoms with van der Waals surface area (Å²) in [6.45, 7) is 7.06. The van der Waals surface area contributed by atoms with E-state index in [9.17, 15) is 4.79 Å². The molecule has 2 bridgehead atoms. The zero-order valence-electron chi connectivity index (χ0n) is 21.1. The number of hydrogen-bond acceptors (Lipinski definition) is 7. The van der Waals surface area contributed by atoms with Crippen LogP contribution in [0.5, 0.6) is 5.75 Å². The first-order valence-corrected chi connectivity index (χ1v) is 12.5. The Labute approximate surface area is 206 Å². The van der Waals surface area contributed by atoms with Crippen molar-refractivity contribution in [3.05, 3.63) is 47.2 Å². The van der Waals surface area contributed by atoms with E-state index in [1.807, 2.05) is 42.8 Å². The first-order valence-electron chi connectivity index (χ1n) is 12.5. The summed E-state index contributed by atoms with van der Waals surface area (Å²) in [6, 6.07) is 9.89. The highest BCUT2D eigenvalue weighted by Gasteiger charge is 2.28. The Hall–Kier alpha value is -3.33. The first kappa shape index (κ1) is 23.4. The van der Waals surface area contributed by atoms with Crippen LogP contribution in [0.25, 0.3) is 5.65 Å². The number of aryl methyl sites for hydroxylation is 1. The lowest BCUT2D eigenvalue weighted by Crippen LogP contribution is -2.32. The maximum absolute atomic E-state index is 13.6. The van der Waals surface area contributed by atoms with Gasteiger partial charge in [-0.25, -0.2) is 4.98 Å². The third-order valence-corrected chi connectivity index (χ3v) is 7.13. The largest absolute Gasteiger partial charge is 0.493 e. The van der Waals surface area contributed by atoms with Gasteiger partial charge < -0.3 is 25.2 Å². The van der Waals surface area contributed by atoms with Gasteiger partial charge in [0.15, 0.2) is 5.65 Å². The standard InChI is InChI=1S/C26H35N7O2/c1-5-21-20-14-24-28-23(32-11-9-18(27)16-32)15-25(33(24)29-20)30(3)10-6-12-35-22-8-7-17(2)13-19(22)26(34)31(21)4/h7-8,13-15,18,21H,5-6,9-12,16,27H2,1-4H3/t18-,21?/m0/s1. The molecule has 2 aliphatic rings. The number of hydrogen-bond donors (Lipinski definition) is 1. The van der Waals surface area contributed by atoms with Gasteiger partial charge in [0.1, 0.15) is 17.4 Å². The number of nitrogens with two attached hydrogens (primary N) is 1. The Kier molecular flexibility index (Phi) is 6.27. The number of fused-ring (bicyclic) bond motifs is 2. The number of rotatable bonds is 2. The summed E-state index contributed by atoms with van der Waals surface area (Å²) < 4.78 is 8.02. The second-order valence-electron chi connectivity index (χ2n) is 9.77. The third kappa shape index (κ3) is 4.40. The third-order valence-electron chi connectivity index (χ3n) is 7.13. The van der Waals surface area contributed by atoms with Crippen molar-refractivity contribution in [1.29, 1.82) is 0 Å². The Morgan fingerprint density at radius 3 is 2.74 bits per heavy atom. The topological polar surface area (TPSA) is 92.2 Å². The predicted molar refractivity (Wildman–Crippen MR) is 137 cm³/mol. The van der Waals surface area contributed by atoms with Crippen LogP contribution in [0.15, 0.2) is 30.3 Å². The minimum Gasteiger partial charge on any atom is -0.493 e. The number of anilines is 2. The van der Waals surface area contributed by atoms with Crippen molar-refractivity contribution in [2.45, 2.75) is 45.2 Å². The van der Waals surface area contributed by atoms with Crippen molar-refractivity contribution < 1.29 is 9.53 Å². The Morgan fingerprint density at radius 1 is 1.17 bits per heavy atom. The predicted octanol–water partition coefficient (Wildman–Crippen LogP) is 3.02. The fraction of sp³-hybridized carbons (Fsp3) is 0.500. The van der Waals surface area contributed by atoms with Crippen LogP contribution in [0.2, 0.25) is 0 Å². The maximum Gasteiger partial charge on any atom is 0.257 e. The summed E-state index contributed by atoms with van der Waals surface area (Å²) in [5.74, 6) is 2.44. The average Bonchev–Trinajstić information content (AvgIpc) is 3.47. The molecular formula is C26H35N7O2. The molecule has 9 nitrogen and oxygen atoms in total. The summed E-state index contributed by atoms with van der Waals surface area (Å²) in [4.78, 5) is 24.8. The van der Waals surface area contributed by atoms with Crippen molar-refractivity contribution in [1.82, 2.24) is 19.5 Å². The zero-order chi connectivity index (χ0) is 24.7. The highest BCUT2D eigenvalue weighted by atomic mass is 16.5. The second kappa shape index (κ2) is 9.37. The lowest BCUT2D eigenvalue weighted by atomic mass is 10.1. The fourth-order valence-corrected chi connectivity index (χ4v) is 5.10. The van der Waals surface area contributed by atoms with Crippen LogP contribution in [-0.2, 0) is 0 Å². The monoisotopic (exact) mass is 477 g/mol. The maximum atomic E-state index is 13.6. The van der Waals surface area contributed by atoms with E-state index >= 15 is 0 Å². The molecule has 186 valence electrons. The number of nitrogens with zero attached hydrogens (tertiary/aromatic N) is 6. The number of carbonyl (C=O) groups is 1. The molecule has 1 aromatic carbocycles. The highest BCUT2D eigenvalue weighted by Crippen LogP contribution is 2.31. The highest BCUT2D eigenvalue weighted by molar-refractivity contribution is 5.97. The number of ether oxygens (including phenoxy) is 1. The van der Waals surface area contributed by atoms with Gasteiger partial charge in [-0.1, -0.05) is 18.6 Å². The smallest absolute Gasteiger partial charge is 0.257 e. The Bertz CT molecular complexity index is 1240. The van der Waals surface area contributed by atoms with Crippen molar-refractivity contribution in [3.8, 4) is 5.75 Å². The molecule has 0 spiro atoms. The summed E-state index contributed by atoms with van der Waals surface area (Å²) in [5, 5.41) is 4.97. The van der Waals surface area contributed by atoms with Crippen LogP contribution in [0, 0.1) is 6.92 Å². The van der Waals surface area contributed by atoms with Gasteiger partial charge in [-0.05, 0) is 38.3 Å². The van der Waals surface area contributed by atoms with E-state index in [0.29, 0.717) is 17.9 Å². The average molecular weight is 478 g/mol. The molecule has 0 saturated carbocycles. The number of benzene rings is 1. The van der Waals surface area contributed by atoms with Crippen LogP contribution < -0.4 is 20.3 Å². The molecule has 9 heteroatoms. The molecule has 1 fully saturated rings. The minimum absolute atomic E-state index is 0.0679. The molecule has 0 radical (unpaired) electrons. The van der Waals surface area contributed by atoms with Crippen molar-refractivity contribution in [3.63, 3.8) is 0 Å². The van der Waals surface area contributed by atoms with Gasteiger partial charge in [0, 0.05) is 51.9 Å². The molecule has 5 rings (SSSR count). The SMILES string of the molecule is CCC1c2cc3nc(N4CC[C@H](N)C4)cc(n3n2)N(C)CCCOc2ccc(C)cc2C(=O)N1C. The van der Waals surface area contributed by atoms with Gasteiger partial charge in [-0.15, -0.1) is 0 Å². The van der Waals surface area contributed by atoms with E-state index in [4.69, 9.17) is 20.6 Å². The zero-order valence-corrected chi connectivity index (χ0v) is 21.1.